The predicted octanol–water partition coefficient (Wildman–Crippen LogP) is 2.26. The summed E-state index contributed by atoms with van der Waals surface area (Å²) in [6.07, 6.45) is 0. The van der Waals surface area contributed by atoms with Gasteiger partial charge in [-0.05, 0) is 5.56 Å². The van der Waals surface area contributed by atoms with Gasteiger partial charge < -0.3 is 5.11 Å². The quantitative estimate of drug-likeness (QED) is 0.833. The van der Waals surface area contributed by atoms with Crippen LogP contribution < -0.4 is 0 Å². The molecule has 0 radical (unpaired) electrons. The molecule has 2 N–H and O–H groups in total. The van der Waals surface area contributed by atoms with E-state index in [1.807, 2.05) is 24.3 Å². The average Bonchev–Trinajstić information content (AvgIpc) is 2.77. The number of aliphatic hydroxyl groups excluding tert-OH is 1. The predicted molar refractivity (Wildman–Crippen MR) is 66.4 cm³/mol. The molecular weight excluding hydrogens is 214 g/mol. The smallest absolute Gasteiger partial charge is 0.181 e. The van der Waals surface area contributed by atoms with E-state index < -0.39 is 0 Å². The molecule has 0 aliphatic heterocycles. The van der Waals surface area contributed by atoms with Gasteiger partial charge in [0.1, 0.15) is 5.82 Å². The number of H-pyrrole nitrogens is 1. The first kappa shape index (κ1) is 11.8. The molecule has 0 amide bonds. The molecule has 1 aromatic heterocycles. The molecule has 0 spiro atoms. The Morgan fingerprint density at radius 2 is 1.94 bits per heavy atom. The highest BCUT2D eigenvalue weighted by molar-refractivity contribution is 5.59. The van der Waals surface area contributed by atoms with Crippen molar-refractivity contribution in [3.63, 3.8) is 0 Å². The molecule has 1 heterocycles. The molecule has 0 aliphatic carbocycles. The number of hydrogen-bond donors (Lipinski definition) is 2. The van der Waals surface area contributed by atoms with Gasteiger partial charge in [-0.1, -0.05) is 45.0 Å². The molecule has 4 nitrogen and oxygen atoms in total. The van der Waals surface area contributed by atoms with E-state index in [1.165, 1.54) is 0 Å². The summed E-state index contributed by atoms with van der Waals surface area (Å²) < 4.78 is 0. The van der Waals surface area contributed by atoms with Crippen molar-refractivity contribution in [3.8, 4) is 11.4 Å². The van der Waals surface area contributed by atoms with Crippen LogP contribution in [0.4, 0.5) is 0 Å². The Kier molecular flexibility index (Phi) is 2.98. The van der Waals surface area contributed by atoms with Gasteiger partial charge in [0.15, 0.2) is 5.82 Å². The van der Waals surface area contributed by atoms with Gasteiger partial charge in [-0.2, -0.15) is 5.10 Å². The minimum atomic E-state index is -0.0561. The molecule has 0 atom stereocenters. The van der Waals surface area contributed by atoms with E-state index in [2.05, 4.69) is 36.0 Å². The fourth-order valence-corrected chi connectivity index (χ4v) is 1.59. The molecule has 2 rings (SSSR count). The third-order valence-corrected chi connectivity index (χ3v) is 2.62. The Labute approximate surface area is 101 Å². The first-order valence-electron chi connectivity index (χ1n) is 5.64. The monoisotopic (exact) mass is 231 g/mol. The SMILES string of the molecule is CC(C)(C)c1nc(-c2ccccc2CO)n[nH]1. The van der Waals surface area contributed by atoms with Crippen LogP contribution in [0, 0.1) is 0 Å². The largest absolute Gasteiger partial charge is 0.392 e. The Balaban J connectivity index is 2.44. The van der Waals surface area contributed by atoms with E-state index in [0.29, 0.717) is 5.82 Å². The fraction of sp³-hybridized carbons (Fsp3) is 0.385. The van der Waals surface area contributed by atoms with E-state index in [4.69, 9.17) is 0 Å². The summed E-state index contributed by atoms with van der Waals surface area (Å²) in [6, 6.07) is 7.61. The van der Waals surface area contributed by atoms with Crippen LogP contribution in [0.25, 0.3) is 11.4 Å². The van der Waals surface area contributed by atoms with Gasteiger partial charge in [0.05, 0.1) is 6.61 Å². The van der Waals surface area contributed by atoms with Gasteiger partial charge >= 0.3 is 0 Å². The Bertz CT molecular complexity index is 511. The Morgan fingerprint density at radius 1 is 1.24 bits per heavy atom. The molecule has 17 heavy (non-hydrogen) atoms. The molecule has 0 saturated carbocycles. The fourth-order valence-electron chi connectivity index (χ4n) is 1.59. The summed E-state index contributed by atoms with van der Waals surface area (Å²) in [5, 5.41) is 16.4. The zero-order valence-corrected chi connectivity index (χ0v) is 10.4. The van der Waals surface area contributed by atoms with Crippen LogP contribution in [0.15, 0.2) is 24.3 Å². The van der Waals surface area contributed by atoms with Crippen molar-refractivity contribution in [2.24, 2.45) is 0 Å². The topological polar surface area (TPSA) is 61.8 Å². The van der Waals surface area contributed by atoms with Crippen molar-refractivity contribution in [3.05, 3.63) is 35.7 Å². The molecule has 0 aliphatic rings. The standard InChI is InChI=1S/C13H17N3O/c1-13(2,3)12-14-11(15-16-12)10-7-5-4-6-9(10)8-17/h4-7,17H,8H2,1-3H3,(H,14,15,16). The van der Waals surface area contributed by atoms with E-state index in [9.17, 15) is 5.11 Å². The number of aromatic nitrogens is 3. The van der Waals surface area contributed by atoms with Crippen molar-refractivity contribution in [2.75, 3.05) is 0 Å². The number of benzene rings is 1. The molecule has 4 heteroatoms. The van der Waals surface area contributed by atoms with Crippen LogP contribution in [0.3, 0.4) is 0 Å². The second-order valence-electron chi connectivity index (χ2n) is 5.07. The number of aromatic amines is 1. The molecule has 90 valence electrons. The molecule has 2 aromatic rings. The highest BCUT2D eigenvalue weighted by Crippen LogP contribution is 2.23. The van der Waals surface area contributed by atoms with Gasteiger partial charge in [0, 0.05) is 11.0 Å². The number of aliphatic hydroxyl groups is 1. The minimum Gasteiger partial charge on any atom is -0.392 e. The second-order valence-corrected chi connectivity index (χ2v) is 5.07. The van der Waals surface area contributed by atoms with Gasteiger partial charge in [-0.3, -0.25) is 5.10 Å². The number of hydrogen-bond acceptors (Lipinski definition) is 3. The molecule has 0 saturated heterocycles. The van der Waals surface area contributed by atoms with Crippen LogP contribution in [0.2, 0.25) is 0 Å². The van der Waals surface area contributed by atoms with E-state index in [1.54, 1.807) is 0 Å². The summed E-state index contributed by atoms with van der Waals surface area (Å²) in [7, 11) is 0. The Hall–Kier alpha value is -1.68. The highest BCUT2D eigenvalue weighted by atomic mass is 16.3. The number of nitrogens with zero attached hydrogens (tertiary/aromatic N) is 2. The van der Waals surface area contributed by atoms with Crippen LogP contribution >= 0.6 is 0 Å². The third kappa shape index (κ3) is 2.36. The van der Waals surface area contributed by atoms with E-state index in [0.717, 1.165) is 17.0 Å². The van der Waals surface area contributed by atoms with Crippen molar-refractivity contribution >= 4 is 0 Å². The van der Waals surface area contributed by atoms with Crippen molar-refractivity contribution in [1.29, 1.82) is 0 Å². The number of rotatable bonds is 2. The molecule has 0 bridgehead atoms. The molecule has 0 fully saturated rings. The van der Waals surface area contributed by atoms with Crippen LogP contribution in [-0.4, -0.2) is 20.3 Å². The van der Waals surface area contributed by atoms with Crippen LogP contribution in [-0.2, 0) is 12.0 Å². The van der Waals surface area contributed by atoms with E-state index >= 15 is 0 Å². The average molecular weight is 231 g/mol. The summed E-state index contributed by atoms with van der Waals surface area (Å²) in [4.78, 5) is 4.48. The summed E-state index contributed by atoms with van der Waals surface area (Å²) in [5.74, 6) is 1.49. The van der Waals surface area contributed by atoms with Gasteiger partial charge in [0.25, 0.3) is 0 Å². The second kappa shape index (κ2) is 4.30. The lowest BCUT2D eigenvalue weighted by molar-refractivity contribution is 0.282. The van der Waals surface area contributed by atoms with Crippen molar-refractivity contribution in [1.82, 2.24) is 15.2 Å². The summed E-state index contributed by atoms with van der Waals surface area (Å²) in [6.45, 7) is 6.23. The maximum atomic E-state index is 9.28. The molecular formula is C13H17N3O. The first-order valence-corrected chi connectivity index (χ1v) is 5.64. The molecule has 0 unspecified atom stereocenters. The lowest BCUT2D eigenvalue weighted by atomic mass is 9.96. The third-order valence-electron chi connectivity index (χ3n) is 2.62. The molecule has 1 aromatic carbocycles. The summed E-state index contributed by atoms with van der Waals surface area (Å²) >= 11 is 0. The number of nitrogens with one attached hydrogen (secondary N) is 1. The van der Waals surface area contributed by atoms with Crippen LogP contribution in [0.5, 0.6) is 0 Å². The first-order chi connectivity index (χ1) is 8.02. The van der Waals surface area contributed by atoms with Crippen molar-refractivity contribution < 1.29 is 5.11 Å². The van der Waals surface area contributed by atoms with Crippen molar-refractivity contribution in [2.45, 2.75) is 32.8 Å². The zero-order chi connectivity index (χ0) is 12.5. The zero-order valence-electron chi connectivity index (χ0n) is 10.4. The highest BCUT2D eigenvalue weighted by Gasteiger charge is 2.19. The summed E-state index contributed by atoms with van der Waals surface area (Å²) in [5.41, 5.74) is 1.66. The maximum Gasteiger partial charge on any atom is 0.181 e. The normalized spacial score (nSPS) is 11.8. The lowest BCUT2D eigenvalue weighted by Gasteiger charge is -2.12. The Morgan fingerprint density at radius 3 is 2.53 bits per heavy atom. The minimum absolute atomic E-state index is 0.00440. The van der Waals surface area contributed by atoms with Gasteiger partial charge in [-0.25, -0.2) is 4.98 Å². The van der Waals surface area contributed by atoms with Gasteiger partial charge in [0.2, 0.25) is 0 Å². The van der Waals surface area contributed by atoms with E-state index in [-0.39, 0.29) is 12.0 Å². The lowest BCUT2D eigenvalue weighted by Crippen LogP contribution is -2.13. The van der Waals surface area contributed by atoms with Crippen LogP contribution in [0.1, 0.15) is 32.2 Å². The van der Waals surface area contributed by atoms with Gasteiger partial charge in [-0.15, -0.1) is 0 Å². The maximum absolute atomic E-state index is 9.28.